The van der Waals surface area contributed by atoms with Crippen molar-refractivity contribution in [3.63, 3.8) is 0 Å². The Balaban J connectivity index is 1.96. The Morgan fingerprint density at radius 2 is 1.77 bits per heavy atom. The number of methoxy groups -OCH3 is 2. The average Bonchev–Trinajstić information content (AvgIpc) is 3.07. The van der Waals surface area contributed by atoms with Gasteiger partial charge in [0.25, 0.3) is 11.8 Å². The maximum absolute atomic E-state index is 13.5. The quantitative estimate of drug-likeness (QED) is 0.397. The van der Waals surface area contributed by atoms with E-state index in [1.165, 1.54) is 24.0 Å². The van der Waals surface area contributed by atoms with Gasteiger partial charge in [0.2, 0.25) is 5.91 Å². The molecule has 8 heteroatoms. The molecule has 31 heavy (non-hydrogen) atoms. The van der Waals surface area contributed by atoms with E-state index in [1.807, 2.05) is 26.0 Å². The third-order valence-electron chi connectivity index (χ3n) is 5.47. The number of anilines is 1. The van der Waals surface area contributed by atoms with Crippen molar-refractivity contribution in [2.24, 2.45) is 0 Å². The van der Waals surface area contributed by atoms with Crippen molar-refractivity contribution in [3.05, 3.63) is 51.6 Å². The zero-order valence-electron chi connectivity index (χ0n) is 17.9. The summed E-state index contributed by atoms with van der Waals surface area (Å²) in [5.74, 6) is -0.103. The monoisotopic (exact) mass is 536 g/mol. The number of carbonyl (C=O) groups excluding carboxylic acids is 3. The summed E-state index contributed by atoms with van der Waals surface area (Å²) in [6.07, 6.45) is 0.592. The number of hydrogen-bond donors (Lipinski definition) is 0. The summed E-state index contributed by atoms with van der Waals surface area (Å²) in [5.41, 5.74) is 0.881. The molecule has 0 radical (unpaired) electrons. The standard InChI is InChI=1S/C23H25IN2O5/c1-5-14(2)25(22(28)15-6-11-19(30-3)20(12-15)31-4)18-13-21(27)26(23(18)29)17-9-7-16(24)8-10-17/h6-12,14,18H,5,13H2,1-4H3. The number of nitrogens with zero attached hydrogens (tertiary/aromatic N) is 2. The lowest BCUT2D eigenvalue weighted by molar-refractivity contribution is -0.122. The molecule has 2 unspecified atom stereocenters. The van der Waals surface area contributed by atoms with Gasteiger partial charge in [-0.15, -0.1) is 0 Å². The first-order valence-electron chi connectivity index (χ1n) is 9.99. The first kappa shape index (κ1) is 23.1. The minimum Gasteiger partial charge on any atom is -0.493 e. The van der Waals surface area contributed by atoms with Crippen LogP contribution in [0.15, 0.2) is 42.5 Å². The topological polar surface area (TPSA) is 76.2 Å². The molecule has 1 heterocycles. The first-order valence-corrected chi connectivity index (χ1v) is 11.1. The van der Waals surface area contributed by atoms with E-state index in [2.05, 4.69) is 22.6 Å². The predicted octanol–water partition coefficient (Wildman–Crippen LogP) is 3.88. The molecular formula is C23H25IN2O5. The molecule has 2 aromatic rings. The molecule has 1 saturated heterocycles. The van der Waals surface area contributed by atoms with Gasteiger partial charge in [-0.05, 0) is 78.4 Å². The Hall–Kier alpha value is -2.62. The van der Waals surface area contributed by atoms with Crippen molar-refractivity contribution in [2.45, 2.75) is 38.8 Å². The highest BCUT2D eigenvalue weighted by atomic mass is 127. The number of halogens is 1. The van der Waals surface area contributed by atoms with Crippen molar-refractivity contribution < 1.29 is 23.9 Å². The molecule has 1 fully saturated rings. The van der Waals surface area contributed by atoms with Gasteiger partial charge in [-0.1, -0.05) is 6.92 Å². The number of carbonyl (C=O) groups is 3. The Morgan fingerprint density at radius 1 is 1.13 bits per heavy atom. The number of hydrogen-bond acceptors (Lipinski definition) is 5. The highest BCUT2D eigenvalue weighted by Crippen LogP contribution is 2.31. The molecule has 0 spiro atoms. The van der Waals surface area contributed by atoms with Crippen molar-refractivity contribution >= 4 is 46.0 Å². The molecule has 0 bridgehead atoms. The van der Waals surface area contributed by atoms with Gasteiger partial charge in [0.05, 0.1) is 26.3 Å². The summed E-state index contributed by atoms with van der Waals surface area (Å²) in [6, 6.07) is 10.9. The van der Waals surface area contributed by atoms with Crippen LogP contribution < -0.4 is 14.4 Å². The van der Waals surface area contributed by atoms with Gasteiger partial charge in [0.15, 0.2) is 11.5 Å². The van der Waals surface area contributed by atoms with Crippen LogP contribution in [0.5, 0.6) is 11.5 Å². The maximum atomic E-state index is 13.5. The molecule has 3 amide bonds. The Bertz CT molecular complexity index is 992. The van der Waals surface area contributed by atoms with E-state index in [0.717, 1.165) is 3.57 Å². The molecule has 0 N–H and O–H groups in total. The second-order valence-electron chi connectivity index (χ2n) is 7.30. The van der Waals surface area contributed by atoms with E-state index < -0.39 is 6.04 Å². The fraction of sp³-hybridized carbons (Fsp3) is 0.348. The van der Waals surface area contributed by atoms with Crippen LogP contribution in [0.2, 0.25) is 0 Å². The molecule has 0 saturated carbocycles. The van der Waals surface area contributed by atoms with Crippen molar-refractivity contribution in [1.29, 1.82) is 0 Å². The van der Waals surface area contributed by atoms with Gasteiger partial charge >= 0.3 is 0 Å². The van der Waals surface area contributed by atoms with Crippen LogP contribution in [0.3, 0.4) is 0 Å². The summed E-state index contributed by atoms with van der Waals surface area (Å²) in [5, 5.41) is 0. The first-order chi connectivity index (χ1) is 14.8. The molecule has 7 nitrogen and oxygen atoms in total. The predicted molar refractivity (Wildman–Crippen MR) is 126 cm³/mol. The van der Waals surface area contributed by atoms with E-state index in [4.69, 9.17) is 9.47 Å². The number of ether oxygens (including phenoxy) is 2. The summed E-state index contributed by atoms with van der Waals surface area (Å²) >= 11 is 2.16. The Kier molecular flexibility index (Phi) is 7.19. The fourth-order valence-electron chi connectivity index (χ4n) is 3.66. The van der Waals surface area contributed by atoms with E-state index >= 15 is 0 Å². The highest BCUT2D eigenvalue weighted by Gasteiger charge is 2.45. The summed E-state index contributed by atoms with van der Waals surface area (Å²) in [7, 11) is 3.02. The zero-order valence-corrected chi connectivity index (χ0v) is 20.1. The Labute approximate surface area is 195 Å². The second kappa shape index (κ2) is 9.67. The molecule has 2 atom stereocenters. The molecule has 164 valence electrons. The summed E-state index contributed by atoms with van der Waals surface area (Å²) in [6.45, 7) is 3.82. The number of imide groups is 1. The van der Waals surface area contributed by atoms with E-state index in [0.29, 0.717) is 29.2 Å². The lowest BCUT2D eigenvalue weighted by atomic mass is 10.1. The minimum atomic E-state index is -0.859. The molecule has 2 aromatic carbocycles. The Morgan fingerprint density at radius 3 is 2.35 bits per heavy atom. The number of rotatable bonds is 7. The molecule has 3 rings (SSSR count). The highest BCUT2D eigenvalue weighted by molar-refractivity contribution is 14.1. The van der Waals surface area contributed by atoms with E-state index in [-0.39, 0.29) is 30.2 Å². The lowest BCUT2D eigenvalue weighted by Gasteiger charge is -2.33. The van der Waals surface area contributed by atoms with Crippen LogP contribution in [0.25, 0.3) is 0 Å². The average molecular weight is 536 g/mol. The maximum Gasteiger partial charge on any atom is 0.257 e. The second-order valence-corrected chi connectivity index (χ2v) is 8.55. The molecule has 0 aromatic heterocycles. The van der Waals surface area contributed by atoms with Crippen LogP contribution in [0.4, 0.5) is 5.69 Å². The molecule has 0 aliphatic carbocycles. The van der Waals surface area contributed by atoms with Crippen molar-refractivity contribution in [3.8, 4) is 11.5 Å². The number of amides is 3. The third kappa shape index (κ3) is 4.53. The van der Waals surface area contributed by atoms with Crippen molar-refractivity contribution in [2.75, 3.05) is 19.1 Å². The minimum absolute atomic E-state index is 0.0474. The van der Waals surface area contributed by atoms with Gasteiger partial charge < -0.3 is 14.4 Å². The fourth-order valence-corrected chi connectivity index (χ4v) is 4.02. The van der Waals surface area contributed by atoms with Gasteiger partial charge in [-0.3, -0.25) is 14.4 Å². The van der Waals surface area contributed by atoms with Gasteiger partial charge in [-0.25, -0.2) is 4.90 Å². The van der Waals surface area contributed by atoms with Crippen LogP contribution in [0, 0.1) is 3.57 Å². The smallest absolute Gasteiger partial charge is 0.257 e. The van der Waals surface area contributed by atoms with E-state index in [9.17, 15) is 14.4 Å². The molecular weight excluding hydrogens is 511 g/mol. The van der Waals surface area contributed by atoms with Crippen LogP contribution in [-0.4, -0.2) is 48.9 Å². The molecule has 1 aliphatic heterocycles. The van der Waals surface area contributed by atoms with Crippen LogP contribution >= 0.6 is 22.6 Å². The van der Waals surface area contributed by atoms with Crippen LogP contribution in [0.1, 0.15) is 37.0 Å². The SMILES string of the molecule is CCC(C)N(C(=O)c1ccc(OC)c(OC)c1)C1CC(=O)N(c2ccc(I)cc2)C1=O. The number of benzene rings is 2. The summed E-state index contributed by atoms with van der Waals surface area (Å²) in [4.78, 5) is 42.2. The normalized spacial score (nSPS) is 16.9. The van der Waals surface area contributed by atoms with E-state index in [1.54, 1.807) is 30.3 Å². The largest absolute Gasteiger partial charge is 0.493 e. The molecule has 1 aliphatic rings. The zero-order chi connectivity index (χ0) is 22.7. The van der Waals surface area contributed by atoms with Crippen LogP contribution in [-0.2, 0) is 9.59 Å². The lowest BCUT2D eigenvalue weighted by Crippen LogP contribution is -2.49. The van der Waals surface area contributed by atoms with Gasteiger partial charge in [0.1, 0.15) is 6.04 Å². The van der Waals surface area contributed by atoms with Crippen molar-refractivity contribution in [1.82, 2.24) is 4.90 Å². The van der Waals surface area contributed by atoms with Gasteiger partial charge in [0, 0.05) is 15.2 Å². The van der Waals surface area contributed by atoms with Gasteiger partial charge in [-0.2, -0.15) is 0 Å². The summed E-state index contributed by atoms with van der Waals surface area (Å²) < 4.78 is 11.6. The third-order valence-corrected chi connectivity index (χ3v) is 6.19.